The van der Waals surface area contributed by atoms with Gasteiger partial charge in [-0.15, -0.1) is 0 Å². The molecule has 4 bridgehead atoms. The molecule has 10 rings (SSSR count). The number of hydrogen-bond donors (Lipinski definition) is 0. The van der Waals surface area contributed by atoms with Gasteiger partial charge in [-0.2, -0.15) is 0 Å². The molecular formula is C49H57Cl2SiZr. The van der Waals surface area contributed by atoms with E-state index in [-0.39, 0.29) is 7.25 Å². The number of halogens is 2. The van der Waals surface area contributed by atoms with Crippen molar-refractivity contribution in [3.05, 3.63) is 129 Å². The van der Waals surface area contributed by atoms with Crippen LogP contribution in [0, 0.1) is 23.7 Å². The maximum absolute atomic E-state index is 8.71. The molecule has 0 radical (unpaired) electrons. The zero-order valence-electron chi connectivity index (χ0n) is 32.9. The van der Waals surface area contributed by atoms with Gasteiger partial charge in [-0.05, 0) is 0 Å². The van der Waals surface area contributed by atoms with Crippen LogP contribution in [0.1, 0.15) is 120 Å². The molecule has 0 aliphatic heterocycles. The first kappa shape index (κ1) is 36.7. The van der Waals surface area contributed by atoms with Gasteiger partial charge < -0.3 is 0 Å². The molecule has 6 aliphatic rings. The second-order valence-electron chi connectivity index (χ2n) is 19.1. The third-order valence-electron chi connectivity index (χ3n) is 15.0. The van der Waals surface area contributed by atoms with E-state index in [0.29, 0.717) is 17.3 Å². The van der Waals surface area contributed by atoms with Gasteiger partial charge in [0.1, 0.15) is 0 Å². The summed E-state index contributed by atoms with van der Waals surface area (Å²) in [6.45, 7) is 16.5. The zero-order chi connectivity index (χ0) is 37.1. The molecule has 0 spiro atoms. The second kappa shape index (κ2) is 13.0. The van der Waals surface area contributed by atoms with E-state index in [2.05, 4.69) is 145 Å². The van der Waals surface area contributed by atoms with Crippen molar-refractivity contribution in [2.24, 2.45) is 23.7 Å². The quantitative estimate of drug-likeness (QED) is 0.155. The Morgan fingerprint density at radius 2 is 1.11 bits per heavy atom. The first-order chi connectivity index (χ1) is 25.3. The number of fused-ring (bicyclic) bond motifs is 2. The predicted molar refractivity (Wildman–Crippen MR) is 230 cm³/mol. The Kier molecular flexibility index (Phi) is 9.03. The number of rotatable bonds is 8. The number of hydrogen-bond acceptors (Lipinski definition) is 0. The summed E-state index contributed by atoms with van der Waals surface area (Å²) in [5.74, 6) is 2.10. The van der Waals surface area contributed by atoms with Gasteiger partial charge in [0, 0.05) is 0 Å². The van der Waals surface area contributed by atoms with Gasteiger partial charge in [0.05, 0.1) is 0 Å². The minimum atomic E-state index is -4.83. The molecule has 2 unspecified atom stereocenters. The van der Waals surface area contributed by atoms with Gasteiger partial charge in [-0.3, -0.25) is 0 Å². The fraction of sp³-hybridized carbons (Fsp3) is 0.429. The summed E-state index contributed by atoms with van der Waals surface area (Å²) in [5, 5.41) is 0. The summed E-state index contributed by atoms with van der Waals surface area (Å²) in [6.07, 6.45) is 13.7. The van der Waals surface area contributed by atoms with Gasteiger partial charge in [0.25, 0.3) is 0 Å². The molecule has 0 heterocycles. The van der Waals surface area contributed by atoms with E-state index >= 15 is 0 Å². The van der Waals surface area contributed by atoms with Crippen molar-refractivity contribution < 1.29 is 15.6 Å². The van der Waals surface area contributed by atoms with Gasteiger partial charge in [-0.1, -0.05) is 0 Å². The van der Waals surface area contributed by atoms with Crippen molar-refractivity contribution in [3.8, 4) is 22.3 Å². The average molecular weight is 836 g/mol. The standard InChI is InChI=1S/C26H27.C21H23.C2H7Si.2ClH.Zr/c1-17-9-22-3-2-4-24(25(22)10-17)21-5-7-23(8-6-21)26-14-18-11-19(15-26)13-20(12-18)16-26;1-14(2)16-8-10-17(11-9-16)20-7-5-6-18-12-19(15(3)4)13-21(18)20;1-3-2;;;/h2-10,18-20H,11-16H2,1H3;5-15H,1-4H3;3H,1-2H3;2*1H;/q;;;;;+2/p-2. The molecule has 2 atom stereocenters. The van der Waals surface area contributed by atoms with Gasteiger partial charge >= 0.3 is 331 Å². The molecule has 4 aromatic carbocycles. The van der Waals surface area contributed by atoms with E-state index in [0.717, 1.165) is 17.8 Å². The molecule has 0 N–H and O–H groups in total. The van der Waals surface area contributed by atoms with E-state index < -0.39 is 21.5 Å². The Bertz CT molecular complexity index is 2120. The number of allylic oxidation sites excluding steroid dienone is 2. The first-order valence-corrected chi connectivity index (χ1v) is 37.0. The van der Waals surface area contributed by atoms with Crippen molar-refractivity contribution in [2.75, 3.05) is 0 Å². The van der Waals surface area contributed by atoms with Crippen molar-refractivity contribution >= 4 is 35.1 Å². The van der Waals surface area contributed by atoms with Crippen LogP contribution in [0.4, 0.5) is 0 Å². The van der Waals surface area contributed by atoms with Crippen LogP contribution in [0.3, 0.4) is 0 Å². The van der Waals surface area contributed by atoms with E-state index in [1.54, 1.807) is 5.56 Å². The molecule has 4 aromatic rings. The molecule has 0 aromatic heterocycles. The maximum atomic E-state index is 8.71. The second-order valence-corrected chi connectivity index (χ2v) is 61.6. The van der Waals surface area contributed by atoms with E-state index in [1.807, 2.05) is 0 Å². The summed E-state index contributed by atoms with van der Waals surface area (Å²) >= 11 is -4.83. The molecule has 4 saturated carbocycles. The molecular weight excluding hydrogens is 779 g/mol. The van der Waals surface area contributed by atoms with Crippen LogP contribution in [-0.2, 0) is 21.0 Å². The van der Waals surface area contributed by atoms with Crippen molar-refractivity contribution in [1.29, 1.82) is 0 Å². The zero-order valence-corrected chi connectivity index (χ0v) is 38.0. The summed E-state index contributed by atoms with van der Waals surface area (Å²) < 4.78 is 0.193. The molecule has 0 saturated heterocycles. The van der Waals surface area contributed by atoms with Gasteiger partial charge in [-0.25, -0.2) is 0 Å². The van der Waals surface area contributed by atoms with Gasteiger partial charge in [0.15, 0.2) is 0 Å². The fourth-order valence-corrected chi connectivity index (χ4v) is 44.9. The van der Waals surface area contributed by atoms with Gasteiger partial charge in [0.2, 0.25) is 0 Å². The Labute approximate surface area is 328 Å². The van der Waals surface area contributed by atoms with E-state index in [9.17, 15) is 0 Å². The van der Waals surface area contributed by atoms with Crippen molar-refractivity contribution in [2.45, 2.75) is 105 Å². The van der Waals surface area contributed by atoms with E-state index in [1.165, 1.54) is 99.7 Å². The summed E-state index contributed by atoms with van der Waals surface area (Å²) in [6, 6.07) is 33.0. The first-order valence-electron chi connectivity index (χ1n) is 20.7. The van der Waals surface area contributed by atoms with Crippen LogP contribution >= 0.6 is 17.0 Å². The van der Waals surface area contributed by atoms with E-state index in [4.69, 9.17) is 17.0 Å². The molecule has 275 valence electrons. The molecule has 4 fully saturated rings. The summed E-state index contributed by atoms with van der Waals surface area (Å²) in [4.78, 5) is 0. The molecule has 53 heavy (non-hydrogen) atoms. The SMILES string of the molecule is CC1=Cc2c(-c3ccc(C45CC6CC(CC(C6)C4)C5)cc3)cccc2[CH]1[Zr]([Cl])([Cl])([CH]1C(C(C)C)=Cc2c(-c3ccc(C(C)C)cc3)cccc21)[SiH](C)C. The third-order valence-corrected chi connectivity index (χ3v) is 66.9. The summed E-state index contributed by atoms with van der Waals surface area (Å²) in [5.41, 5.74) is 16.9. The average Bonchev–Trinajstić information content (AvgIpc) is 3.70. The van der Waals surface area contributed by atoms with Crippen LogP contribution in [0.15, 0.2) is 96.1 Å². The Morgan fingerprint density at radius 1 is 0.623 bits per heavy atom. The number of benzene rings is 4. The summed E-state index contributed by atoms with van der Waals surface area (Å²) in [7, 11) is 17.4. The van der Waals surface area contributed by atoms with Crippen LogP contribution < -0.4 is 0 Å². The molecule has 0 nitrogen and oxygen atoms in total. The minimum absolute atomic E-state index is 0.0962. The Balaban J connectivity index is 1.12. The topological polar surface area (TPSA) is 0 Å². The monoisotopic (exact) mass is 833 g/mol. The van der Waals surface area contributed by atoms with Crippen LogP contribution in [-0.4, -0.2) is 5.92 Å². The normalized spacial score (nSPS) is 27.9. The Morgan fingerprint density at radius 3 is 1.60 bits per heavy atom. The molecule has 0 amide bonds. The van der Waals surface area contributed by atoms with Crippen LogP contribution in [0.5, 0.6) is 0 Å². The third kappa shape index (κ3) is 5.64. The van der Waals surface area contributed by atoms with Crippen molar-refractivity contribution in [3.63, 3.8) is 0 Å². The molecule has 6 aliphatic carbocycles. The molecule has 4 heteroatoms. The predicted octanol–water partition coefficient (Wildman–Crippen LogP) is 14.8. The van der Waals surface area contributed by atoms with Crippen LogP contribution in [0.2, 0.25) is 13.1 Å². The Hall–Kier alpha value is -1.96. The van der Waals surface area contributed by atoms with Crippen LogP contribution in [0.25, 0.3) is 34.4 Å². The van der Waals surface area contributed by atoms with Crippen molar-refractivity contribution in [1.82, 2.24) is 0 Å². The fourth-order valence-electron chi connectivity index (χ4n) is 12.7.